The summed E-state index contributed by atoms with van der Waals surface area (Å²) in [5.41, 5.74) is 6.30. The van der Waals surface area contributed by atoms with E-state index in [-0.39, 0.29) is 0 Å². The Morgan fingerprint density at radius 3 is 2.73 bits per heavy atom. The second kappa shape index (κ2) is 3.86. The maximum Gasteiger partial charge on any atom is 0.0358 e. The van der Waals surface area contributed by atoms with Crippen LogP contribution in [0.5, 0.6) is 0 Å². The van der Waals surface area contributed by atoms with Crippen LogP contribution in [0.2, 0.25) is 0 Å². The van der Waals surface area contributed by atoms with Crippen LogP contribution in [0.1, 0.15) is 49.4 Å². The lowest BCUT2D eigenvalue weighted by atomic mass is 9.89. The normalized spacial score (nSPS) is 17.9. The number of hydrogen-bond donors (Lipinski definition) is 0. The highest BCUT2D eigenvalue weighted by Crippen LogP contribution is 2.48. The average Bonchev–Trinajstić information content (AvgIpc) is 2.47. The van der Waals surface area contributed by atoms with Gasteiger partial charge in [-0.2, -0.15) is 0 Å². The minimum Gasteiger partial charge on any atom is -0.146 e. The van der Waals surface area contributed by atoms with Crippen molar-refractivity contribution in [3.63, 3.8) is 0 Å². The van der Waals surface area contributed by atoms with Crippen molar-refractivity contribution in [2.45, 2.75) is 51.0 Å². The van der Waals surface area contributed by atoms with Gasteiger partial charge in [0.15, 0.2) is 0 Å². The zero-order chi connectivity index (χ0) is 11.1. The van der Waals surface area contributed by atoms with E-state index in [2.05, 4.69) is 51.6 Å². The molecule has 1 heterocycles. The highest BCUT2D eigenvalue weighted by Gasteiger charge is 2.31. The summed E-state index contributed by atoms with van der Waals surface area (Å²) in [7, 11) is 0. The van der Waals surface area contributed by atoms with Crippen LogP contribution in [0.4, 0.5) is 0 Å². The molecule has 1 aliphatic heterocycles. The van der Waals surface area contributed by atoms with E-state index in [4.69, 9.17) is 0 Å². The molecule has 0 saturated carbocycles. The van der Waals surface area contributed by atoms with Gasteiger partial charge in [-0.15, -0.1) is 11.8 Å². The fourth-order valence-electron chi connectivity index (χ4n) is 2.47. The van der Waals surface area contributed by atoms with Crippen molar-refractivity contribution in [1.29, 1.82) is 0 Å². The van der Waals surface area contributed by atoms with Crippen LogP contribution in [-0.4, -0.2) is 0 Å². The second-order valence-corrected chi connectivity index (χ2v) is 6.53. The van der Waals surface area contributed by atoms with E-state index in [1.165, 1.54) is 24.2 Å². The molecule has 0 bridgehead atoms. The molecule has 1 aliphatic rings. The van der Waals surface area contributed by atoms with Gasteiger partial charge in [-0.25, -0.2) is 0 Å². The molecule has 0 N–H and O–H groups in total. The highest BCUT2D eigenvalue weighted by molar-refractivity contribution is 7.99. The molecule has 1 heteroatoms. The molecule has 0 aliphatic carbocycles. The van der Waals surface area contributed by atoms with Crippen LogP contribution in [0, 0.1) is 6.92 Å². The van der Waals surface area contributed by atoms with Gasteiger partial charge < -0.3 is 0 Å². The van der Waals surface area contributed by atoms with Crippen molar-refractivity contribution in [2.24, 2.45) is 0 Å². The van der Waals surface area contributed by atoms with Gasteiger partial charge in [0.1, 0.15) is 0 Å². The molecule has 0 amide bonds. The lowest BCUT2D eigenvalue weighted by molar-refractivity contribution is 0.787. The smallest absolute Gasteiger partial charge is 0.0358 e. The lowest BCUT2D eigenvalue weighted by Crippen LogP contribution is -2.08. The SMILES string of the molecule is CCCc1c(C)ccc2c1CSC2(C)C. The molecule has 0 unspecified atom stereocenters. The number of fused-ring (bicyclic) bond motifs is 1. The van der Waals surface area contributed by atoms with Crippen LogP contribution in [0.3, 0.4) is 0 Å². The van der Waals surface area contributed by atoms with Crippen molar-refractivity contribution < 1.29 is 0 Å². The fourth-order valence-corrected chi connectivity index (χ4v) is 3.65. The largest absolute Gasteiger partial charge is 0.146 e. The second-order valence-electron chi connectivity index (χ2n) is 4.94. The third kappa shape index (κ3) is 1.82. The standard InChI is InChI=1S/C14H20S/c1-5-6-11-10(2)7-8-13-12(11)9-15-14(13,3)4/h7-8H,5-6,9H2,1-4H3. The van der Waals surface area contributed by atoms with Gasteiger partial charge >= 0.3 is 0 Å². The summed E-state index contributed by atoms with van der Waals surface area (Å²) < 4.78 is 0.325. The number of rotatable bonds is 2. The molecular weight excluding hydrogens is 200 g/mol. The first kappa shape index (κ1) is 11.1. The first-order chi connectivity index (χ1) is 7.06. The fraction of sp³-hybridized carbons (Fsp3) is 0.571. The van der Waals surface area contributed by atoms with Crippen LogP contribution < -0.4 is 0 Å². The Balaban J connectivity index is 2.53. The summed E-state index contributed by atoms with van der Waals surface area (Å²) in [6, 6.07) is 4.64. The zero-order valence-corrected chi connectivity index (χ0v) is 11.0. The Kier molecular flexibility index (Phi) is 2.85. The monoisotopic (exact) mass is 220 g/mol. The Bertz CT molecular complexity index is 377. The molecule has 0 spiro atoms. The first-order valence-electron chi connectivity index (χ1n) is 5.82. The molecule has 1 aromatic rings. The maximum atomic E-state index is 2.34. The molecule has 1 aromatic carbocycles. The Morgan fingerprint density at radius 2 is 2.07 bits per heavy atom. The van der Waals surface area contributed by atoms with E-state index >= 15 is 0 Å². The van der Waals surface area contributed by atoms with Crippen LogP contribution in [-0.2, 0) is 16.9 Å². The number of hydrogen-bond acceptors (Lipinski definition) is 1. The lowest BCUT2D eigenvalue weighted by Gasteiger charge is -2.19. The molecular formula is C14H20S. The summed E-state index contributed by atoms with van der Waals surface area (Å²) >= 11 is 2.08. The predicted octanol–water partition coefficient (Wildman–Crippen LogP) is 4.43. The number of aryl methyl sites for hydroxylation is 1. The quantitative estimate of drug-likeness (QED) is 0.710. The van der Waals surface area contributed by atoms with Crippen molar-refractivity contribution in [2.75, 3.05) is 0 Å². The number of benzene rings is 1. The van der Waals surface area contributed by atoms with E-state index in [0.717, 1.165) is 0 Å². The van der Waals surface area contributed by atoms with Gasteiger partial charge in [-0.1, -0.05) is 25.5 Å². The topological polar surface area (TPSA) is 0 Å². The van der Waals surface area contributed by atoms with Gasteiger partial charge in [-0.3, -0.25) is 0 Å². The number of thioether (sulfide) groups is 1. The summed E-state index contributed by atoms with van der Waals surface area (Å²) in [4.78, 5) is 0. The third-order valence-corrected chi connectivity index (χ3v) is 4.77. The summed E-state index contributed by atoms with van der Waals surface area (Å²) in [5.74, 6) is 1.21. The molecule has 0 atom stereocenters. The minimum atomic E-state index is 0.325. The van der Waals surface area contributed by atoms with E-state index in [9.17, 15) is 0 Å². The Morgan fingerprint density at radius 1 is 1.33 bits per heavy atom. The molecule has 0 saturated heterocycles. The van der Waals surface area contributed by atoms with Gasteiger partial charge in [-0.05, 0) is 49.4 Å². The Hall–Kier alpha value is -0.430. The van der Waals surface area contributed by atoms with E-state index < -0.39 is 0 Å². The van der Waals surface area contributed by atoms with E-state index in [0.29, 0.717) is 4.75 Å². The van der Waals surface area contributed by atoms with Gasteiger partial charge in [0.2, 0.25) is 0 Å². The van der Waals surface area contributed by atoms with Crippen molar-refractivity contribution >= 4 is 11.8 Å². The minimum absolute atomic E-state index is 0.325. The molecule has 82 valence electrons. The molecule has 0 nitrogen and oxygen atoms in total. The van der Waals surface area contributed by atoms with Crippen molar-refractivity contribution in [3.05, 3.63) is 34.4 Å². The Labute approximate surface area is 97.5 Å². The maximum absolute atomic E-state index is 2.34. The van der Waals surface area contributed by atoms with E-state index in [1.54, 1.807) is 16.7 Å². The highest BCUT2D eigenvalue weighted by atomic mass is 32.2. The van der Waals surface area contributed by atoms with E-state index in [1.807, 2.05) is 0 Å². The van der Waals surface area contributed by atoms with Crippen molar-refractivity contribution in [1.82, 2.24) is 0 Å². The molecule has 15 heavy (non-hydrogen) atoms. The first-order valence-corrected chi connectivity index (χ1v) is 6.80. The predicted molar refractivity (Wildman–Crippen MR) is 69.5 cm³/mol. The van der Waals surface area contributed by atoms with Crippen LogP contribution in [0.25, 0.3) is 0 Å². The molecule has 0 fully saturated rings. The summed E-state index contributed by atoms with van der Waals surface area (Å²) in [6.07, 6.45) is 2.49. The van der Waals surface area contributed by atoms with Gasteiger partial charge in [0.25, 0.3) is 0 Å². The van der Waals surface area contributed by atoms with Crippen molar-refractivity contribution in [3.8, 4) is 0 Å². The summed E-state index contributed by atoms with van der Waals surface area (Å²) in [6.45, 7) is 9.20. The van der Waals surface area contributed by atoms with Gasteiger partial charge in [0, 0.05) is 10.5 Å². The van der Waals surface area contributed by atoms with Gasteiger partial charge in [0.05, 0.1) is 0 Å². The molecule has 0 radical (unpaired) electrons. The van der Waals surface area contributed by atoms with Crippen LogP contribution >= 0.6 is 11.8 Å². The average molecular weight is 220 g/mol. The molecule has 0 aromatic heterocycles. The zero-order valence-electron chi connectivity index (χ0n) is 10.2. The molecule has 2 rings (SSSR count). The summed E-state index contributed by atoms with van der Waals surface area (Å²) in [5, 5.41) is 0. The van der Waals surface area contributed by atoms with Crippen LogP contribution in [0.15, 0.2) is 12.1 Å². The third-order valence-electron chi connectivity index (χ3n) is 3.39.